The summed E-state index contributed by atoms with van der Waals surface area (Å²) < 4.78 is 40.9. The van der Waals surface area contributed by atoms with E-state index in [4.69, 9.17) is 0 Å². The molecule has 0 aromatic heterocycles. The van der Waals surface area contributed by atoms with Crippen molar-refractivity contribution in [2.24, 2.45) is 0 Å². The molecule has 1 aliphatic rings. The van der Waals surface area contributed by atoms with Gasteiger partial charge in [0.15, 0.2) is 0 Å². The SMILES string of the molecule is C[C@@H](N[C@H]1CCN(c2ccc(OC(F)(F)F)cc2)C1)c1cccc2ccccc12.Cl.Cl. The van der Waals surface area contributed by atoms with Crippen LogP contribution in [0.2, 0.25) is 0 Å². The molecule has 0 bridgehead atoms. The molecule has 0 amide bonds. The van der Waals surface area contributed by atoms with Gasteiger partial charge in [-0.25, -0.2) is 0 Å². The van der Waals surface area contributed by atoms with Crippen LogP contribution in [0.4, 0.5) is 18.9 Å². The summed E-state index contributed by atoms with van der Waals surface area (Å²) in [6.45, 7) is 3.85. The lowest BCUT2D eigenvalue weighted by molar-refractivity contribution is -0.274. The van der Waals surface area contributed by atoms with Crippen molar-refractivity contribution < 1.29 is 17.9 Å². The maximum absolute atomic E-state index is 12.3. The topological polar surface area (TPSA) is 24.5 Å². The number of ether oxygens (including phenoxy) is 1. The van der Waals surface area contributed by atoms with E-state index in [9.17, 15) is 13.2 Å². The molecule has 0 spiro atoms. The number of fused-ring (bicyclic) bond motifs is 1. The van der Waals surface area contributed by atoms with Gasteiger partial charge < -0.3 is 15.0 Å². The minimum Gasteiger partial charge on any atom is -0.406 e. The Labute approximate surface area is 192 Å². The van der Waals surface area contributed by atoms with E-state index < -0.39 is 6.36 Å². The van der Waals surface area contributed by atoms with Crippen molar-refractivity contribution in [1.29, 1.82) is 0 Å². The van der Waals surface area contributed by atoms with Gasteiger partial charge in [-0.05, 0) is 53.9 Å². The van der Waals surface area contributed by atoms with Crippen LogP contribution in [-0.4, -0.2) is 25.5 Å². The Morgan fingerprint density at radius 3 is 2.35 bits per heavy atom. The zero-order chi connectivity index (χ0) is 20.4. The van der Waals surface area contributed by atoms with Gasteiger partial charge in [-0.3, -0.25) is 0 Å². The summed E-state index contributed by atoms with van der Waals surface area (Å²) in [7, 11) is 0. The molecule has 168 valence electrons. The van der Waals surface area contributed by atoms with Gasteiger partial charge in [0.2, 0.25) is 0 Å². The normalized spacial score (nSPS) is 17.0. The largest absolute Gasteiger partial charge is 0.573 e. The molecule has 2 atom stereocenters. The summed E-state index contributed by atoms with van der Waals surface area (Å²) in [6, 6.07) is 21.3. The van der Waals surface area contributed by atoms with Crippen molar-refractivity contribution in [3.05, 3.63) is 72.3 Å². The molecule has 1 saturated heterocycles. The molecule has 8 heteroatoms. The number of hydrogen-bond acceptors (Lipinski definition) is 3. The van der Waals surface area contributed by atoms with Gasteiger partial charge in [0.05, 0.1) is 0 Å². The van der Waals surface area contributed by atoms with Crippen LogP contribution in [0, 0.1) is 0 Å². The third-order valence-electron chi connectivity index (χ3n) is 5.40. The number of anilines is 1. The first-order valence-corrected chi connectivity index (χ1v) is 9.73. The van der Waals surface area contributed by atoms with Crippen LogP contribution in [0.25, 0.3) is 10.8 Å². The second kappa shape index (κ2) is 10.4. The fourth-order valence-corrected chi connectivity index (χ4v) is 4.06. The maximum atomic E-state index is 12.3. The summed E-state index contributed by atoms with van der Waals surface area (Å²) in [5, 5.41) is 6.20. The lowest BCUT2D eigenvalue weighted by Gasteiger charge is -2.23. The smallest absolute Gasteiger partial charge is 0.406 e. The average Bonchev–Trinajstić information content (AvgIpc) is 3.15. The van der Waals surface area contributed by atoms with Gasteiger partial charge in [-0.15, -0.1) is 38.0 Å². The van der Waals surface area contributed by atoms with Crippen molar-refractivity contribution in [3.63, 3.8) is 0 Å². The molecule has 0 radical (unpaired) electrons. The van der Waals surface area contributed by atoms with Crippen LogP contribution in [0.3, 0.4) is 0 Å². The minimum atomic E-state index is -4.66. The predicted octanol–water partition coefficient (Wildman–Crippen LogP) is 6.51. The van der Waals surface area contributed by atoms with E-state index in [1.54, 1.807) is 12.1 Å². The highest BCUT2D eigenvalue weighted by Gasteiger charge is 2.31. The number of alkyl halides is 3. The lowest BCUT2D eigenvalue weighted by atomic mass is 9.99. The molecule has 0 saturated carbocycles. The molecule has 1 fully saturated rings. The quantitative estimate of drug-likeness (QED) is 0.457. The van der Waals surface area contributed by atoms with Crippen molar-refractivity contribution >= 4 is 41.3 Å². The van der Waals surface area contributed by atoms with Crippen LogP contribution < -0.4 is 15.0 Å². The van der Waals surface area contributed by atoms with Gasteiger partial charge in [-0.2, -0.15) is 0 Å². The highest BCUT2D eigenvalue weighted by molar-refractivity contribution is 5.86. The van der Waals surface area contributed by atoms with E-state index in [1.165, 1.54) is 28.5 Å². The zero-order valence-corrected chi connectivity index (χ0v) is 18.6. The number of rotatable bonds is 5. The summed E-state index contributed by atoms with van der Waals surface area (Å²) >= 11 is 0. The summed E-state index contributed by atoms with van der Waals surface area (Å²) in [5.74, 6) is -0.195. The molecule has 1 aliphatic heterocycles. The van der Waals surface area contributed by atoms with Crippen molar-refractivity contribution in [1.82, 2.24) is 5.32 Å². The Morgan fingerprint density at radius 2 is 1.65 bits per heavy atom. The van der Waals surface area contributed by atoms with E-state index in [0.29, 0.717) is 6.04 Å². The van der Waals surface area contributed by atoms with Crippen LogP contribution in [0.5, 0.6) is 5.75 Å². The first-order valence-electron chi connectivity index (χ1n) is 9.73. The highest BCUT2D eigenvalue weighted by atomic mass is 35.5. The molecule has 31 heavy (non-hydrogen) atoms. The lowest BCUT2D eigenvalue weighted by Crippen LogP contribution is -2.34. The molecule has 3 aromatic rings. The van der Waals surface area contributed by atoms with E-state index in [-0.39, 0.29) is 36.6 Å². The fraction of sp³-hybridized carbons (Fsp3) is 0.304. The Balaban J connectivity index is 0.00000171. The molecule has 3 nitrogen and oxygen atoms in total. The van der Waals surface area contributed by atoms with Crippen molar-refractivity contribution in [2.45, 2.75) is 31.8 Å². The molecule has 0 aliphatic carbocycles. The Bertz CT molecular complexity index is 977. The number of nitrogens with zero attached hydrogens (tertiary/aromatic N) is 1. The average molecular weight is 473 g/mol. The highest BCUT2D eigenvalue weighted by Crippen LogP contribution is 2.29. The van der Waals surface area contributed by atoms with Crippen molar-refractivity contribution in [2.75, 3.05) is 18.0 Å². The predicted molar refractivity (Wildman–Crippen MR) is 124 cm³/mol. The second-order valence-corrected chi connectivity index (χ2v) is 7.43. The van der Waals surface area contributed by atoms with Gasteiger partial charge in [0, 0.05) is 30.9 Å². The Kier molecular flexibility index (Phi) is 8.46. The monoisotopic (exact) mass is 472 g/mol. The zero-order valence-electron chi connectivity index (χ0n) is 16.9. The van der Waals surface area contributed by atoms with Gasteiger partial charge in [0.25, 0.3) is 0 Å². The second-order valence-electron chi connectivity index (χ2n) is 7.43. The standard InChI is InChI=1S/C23H23F3N2O.2ClH/c1-16(21-8-4-6-17-5-2-3-7-22(17)21)27-18-13-14-28(15-18)19-9-11-20(12-10-19)29-23(24,25)26;;/h2-12,16,18,27H,13-15H2,1H3;2*1H/t16-,18+;;/m1../s1. The van der Waals surface area contributed by atoms with Gasteiger partial charge in [-0.1, -0.05) is 42.5 Å². The first-order chi connectivity index (χ1) is 13.9. The summed E-state index contributed by atoms with van der Waals surface area (Å²) in [5.41, 5.74) is 2.18. The molecule has 1 heterocycles. The first kappa shape index (κ1) is 25.1. The number of hydrogen-bond donors (Lipinski definition) is 1. The maximum Gasteiger partial charge on any atom is 0.573 e. The van der Waals surface area contributed by atoms with E-state index >= 15 is 0 Å². The number of halogens is 5. The molecular formula is C23H25Cl2F3N2O. The number of nitrogens with one attached hydrogen (secondary N) is 1. The van der Waals surface area contributed by atoms with E-state index in [0.717, 1.165) is 25.2 Å². The van der Waals surface area contributed by atoms with Crippen LogP contribution in [0.1, 0.15) is 24.9 Å². The van der Waals surface area contributed by atoms with Gasteiger partial charge in [0.1, 0.15) is 5.75 Å². The van der Waals surface area contributed by atoms with E-state index in [2.05, 4.69) is 58.3 Å². The molecule has 1 N–H and O–H groups in total. The van der Waals surface area contributed by atoms with Crippen LogP contribution in [-0.2, 0) is 0 Å². The minimum absolute atomic E-state index is 0. The Morgan fingerprint density at radius 1 is 0.968 bits per heavy atom. The Hall–Kier alpha value is -2.15. The molecule has 0 unspecified atom stereocenters. The van der Waals surface area contributed by atoms with Crippen LogP contribution >= 0.6 is 24.8 Å². The van der Waals surface area contributed by atoms with E-state index in [1.807, 2.05) is 6.07 Å². The third-order valence-corrected chi connectivity index (χ3v) is 5.40. The fourth-order valence-electron chi connectivity index (χ4n) is 4.06. The molecule has 4 rings (SSSR count). The summed E-state index contributed by atoms with van der Waals surface area (Å²) in [6.07, 6.45) is -3.68. The van der Waals surface area contributed by atoms with Crippen molar-refractivity contribution in [3.8, 4) is 5.75 Å². The van der Waals surface area contributed by atoms with Crippen LogP contribution in [0.15, 0.2) is 66.7 Å². The third kappa shape index (κ3) is 6.19. The molecule has 3 aromatic carbocycles. The summed E-state index contributed by atoms with van der Waals surface area (Å²) in [4.78, 5) is 2.19. The van der Waals surface area contributed by atoms with Gasteiger partial charge >= 0.3 is 6.36 Å². The molecular weight excluding hydrogens is 448 g/mol. The number of benzene rings is 3.